The quantitative estimate of drug-likeness (QED) is 0.0711. The van der Waals surface area contributed by atoms with Crippen molar-refractivity contribution in [2.45, 2.75) is 62.7 Å². The van der Waals surface area contributed by atoms with Crippen molar-refractivity contribution in [1.82, 2.24) is 19.1 Å². The summed E-state index contributed by atoms with van der Waals surface area (Å²) in [6.45, 7) is 6.24. The highest BCUT2D eigenvalue weighted by Crippen LogP contribution is 2.41. The molecule has 268 valence electrons. The topological polar surface area (TPSA) is 82.2 Å². The number of imidazole rings is 1. The van der Waals surface area contributed by atoms with E-state index in [0.29, 0.717) is 42.2 Å². The van der Waals surface area contributed by atoms with Crippen LogP contribution in [0.2, 0.25) is 5.04 Å². The molecule has 0 saturated carbocycles. The lowest BCUT2D eigenvalue weighted by Crippen LogP contribution is -2.65. The number of hydrogen-bond acceptors (Lipinski definition) is 6. The SMILES string of the molecule is COc1cc(Cc2cnc(SC)n(C(CCCC(C)(C)[Si](O)(c3ccccc3)c3ccccc3)c3ccc(F)cc3)c2=O)ccc1-n1cnc(C)c1. The lowest BCUT2D eigenvalue weighted by atomic mass is 9.97. The van der Waals surface area contributed by atoms with E-state index in [1.54, 1.807) is 36.3 Å². The summed E-state index contributed by atoms with van der Waals surface area (Å²) in [5.41, 5.74) is 3.90. The summed E-state index contributed by atoms with van der Waals surface area (Å²) in [7, 11) is -1.60. The summed E-state index contributed by atoms with van der Waals surface area (Å²) in [6, 6.07) is 31.9. The number of benzene rings is 4. The van der Waals surface area contributed by atoms with Crippen LogP contribution in [-0.2, 0) is 6.42 Å². The van der Waals surface area contributed by atoms with Crippen molar-refractivity contribution in [2.24, 2.45) is 0 Å². The van der Waals surface area contributed by atoms with Crippen molar-refractivity contribution >= 4 is 30.5 Å². The lowest BCUT2D eigenvalue weighted by molar-refractivity contribution is 0.410. The molecule has 1 unspecified atom stereocenters. The van der Waals surface area contributed by atoms with Crippen molar-refractivity contribution < 1.29 is 13.9 Å². The molecule has 0 aliphatic heterocycles. The third-order valence-electron chi connectivity index (χ3n) is 10.0. The van der Waals surface area contributed by atoms with Crippen molar-refractivity contribution in [3.8, 4) is 11.4 Å². The van der Waals surface area contributed by atoms with Gasteiger partial charge in [0.05, 0.1) is 30.9 Å². The minimum Gasteiger partial charge on any atom is -0.495 e. The molecule has 2 heterocycles. The Morgan fingerprint density at radius 2 is 1.60 bits per heavy atom. The van der Waals surface area contributed by atoms with Gasteiger partial charge in [0.2, 0.25) is 0 Å². The van der Waals surface area contributed by atoms with Crippen LogP contribution < -0.4 is 20.7 Å². The van der Waals surface area contributed by atoms with Crippen LogP contribution in [0.3, 0.4) is 0 Å². The molecular weight excluding hydrogens is 688 g/mol. The third-order valence-corrected chi connectivity index (χ3v) is 15.3. The molecule has 52 heavy (non-hydrogen) atoms. The first kappa shape index (κ1) is 37.0. The maximum absolute atomic E-state index is 14.5. The Balaban J connectivity index is 1.33. The van der Waals surface area contributed by atoms with Gasteiger partial charge in [-0.25, -0.2) is 14.4 Å². The molecule has 0 fully saturated rings. The van der Waals surface area contributed by atoms with E-state index in [-0.39, 0.29) is 11.4 Å². The van der Waals surface area contributed by atoms with Gasteiger partial charge in [0, 0.05) is 24.4 Å². The normalized spacial score (nSPS) is 12.5. The Kier molecular flexibility index (Phi) is 11.3. The zero-order valence-electron chi connectivity index (χ0n) is 30.3. The first-order valence-electron chi connectivity index (χ1n) is 17.5. The second kappa shape index (κ2) is 15.9. The summed E-state index contributed by atoms with van der Waals surface area (Å²) in [4.78, 5) is 36.4. The Morgan fingerprint density at radius 3 is 2.17 bits per heavy atom. The van der Waals surface area contributed by atoms with Crippen molar-refractivity contribution in [1.29, 1.82) is 0 Å². The molecule has 2 aromatic heterocycles. The van der Waals surface area contributed by atoms with Gasteiger partial charge in [-0.05, 0) is 76.8 Å². The Morgan fingerprint density at radius 1 is 0.942 bits per heavy atom. The van der Waals surface area contributed by atoms with Crippen LogP contribution in [0.25, 0.3) is 5.69 Å². The van der Waals surface area contributed by atoms with E-state index in [4.69, 9.17) is 9.72 Å². The highest BCUT2D eigenvalue weighted by molar-refractivity contribution is 7.98. The molecule has 0 amide bonds. The molecule has 0 radical (unpaired) electrons. The van der Waals surface area contributed by atoms with Crippen molar-refractivity contribution in [3.63, 3.8) is 0 Å². The smallest absolute Gasteiger partial charge is 0.258 e. The summed E-state index contributed by atoms with van der Waals surface area (Å²) >= 11 is 1.41. The maximum Gasteiger partial charge on any atom is 0.258 e. The summed E-state index contributed by atoms with van der Waals surface area (Å²) < 4.78 is 23.7. The largest absolute Gasteiger partial charge is 0.495 e. The molecular formula is C42H45FN4O3SSi. The van der Waals surface area contributed by atoms with E-state index in [1.807, 2.05) is 103 Å². The number of nitrogens with zero attached hydrogens (tertiary/aromatic N) is 4. The second-order valence-corrected chi connectivity index (χ2v) is 18.5. The average Bonchev–Trinajstić information content (AvgIpc) is 3.60. The Labute approximate surface area is 310 Å². The van der Waals surface area contributed by atoms with E-state index in [9.17, 15) is 14.0 Å². The minimum atomic E-state index is -3.23. The first-order chi connectivity index (χ1) is 25.1. The molecule has 6 rings (SSSR count). The fourth-order valence-corrected chi connectivity index (χ4v) is 11.6. The number of methoxy groups -OCH3 is 1. The molecule has 6 aromatic rings. The highest BCUT2D eigenvalue weighted by Gasteiger charge is 2.49. The van der Waals surface area contributed by atoms with Gasteiger partial charge in [0.15, 0.2) is 5.16 Å². The molecule has 4 aromatic carbocycles. The molecule has 10 heteroatoms. The molecule has 1 N–H and O–H groups in total. The van der Waals surface area contributed by atoms with Gasteiger partial charge in [-0.15, -0.1) is 0 Å². The number of thioether (sulfide) groups is 1. The van der Waals surface area contributed by atoms with Gasteiger partial charge in [-0.2, -0.15) is 0 Å². The predicted molar refractivity (Wildman–Crippen MR) is 210 cm³/mol. The monoisotopic (exact) mass is 732 g/mol. The van der Waals surface area contributed by atoms with Gasteiger partial charge in [0.25, 0.3) is 13.9 Å². The standard InChI is InChI=1S/C42H45FN4O3SSi/c1-30-28-46(29-45-30)38-23-18-31(26-39(38)50-4)25-33-27-44-41(51-5)47(40(33)48)37(32-19-21-34(43)22-20-32)17-12-24-42(2,3)52(49,35-13-8-6-9-14-35)36-15-10-7-11-16-36/h6-11,13-16,18-23,26-29,37,49H,12,17,24-25H2,1-5H3. The molecule has 0 bridgehead atoms. The zero-order valence-corrected chi connectivity index (χ0v) is 32.1. The minimum absolute atomic E-state index is 0.138. The third kappa shape index (κ3) is 7.55. The summed E-state index contributed by atoms with van der Waals surface area (Å²) in [5, 5.41) is 2.05. The van der Waals surface area contributed by atoms with Gasteiger partial charge in [0.1, 0.15) is 11.6 Å². The van der Waals surface area contributed by atoms with Gasteiger partial charge in [-0.3, -0.25) is 9.36 Å². The fourth-order valence-electron chi connectivity index (χ4n) is 7.21. The first-order valence-corrected chi connectivity index (χ1v) is 20.6. The van der Waals surface area contributed by atoms with Crippen LogP contribution in [-0.4, -0.2) is 45.6 Å². The predicted octanol–water partition coefficient (Wildman–Crippen LogP) is 7.49. The number of aromatic nitrogens is 4. The second-order valence-electron chi connectivity index (χ2n) is 13.8. The number of ether oxygens (including phenoxy) is 1. The molecule has 0 saturated heterocycles. The Hall–Kier alpha value is -4.77. The molecule has 1 atom stereocenters. The fraction of sp³-hybridized carbons (Fsp3) is 0.262. The van der Waals surface area contributed by atoms with Crippen LogP contribution in [0.1, 0.15) is 61.5 Å². The van der Waals surface area contributed by atoms with E-state index < -0.39 is 19.4 Å². The molecule has 7 nitrogen and oxygen atoms in total. The molecule has 0 spiro atoms. The lowest BCUT2D eigenvalue weighted by Gasteiger charge is -2.41. The van der Waals surface area contributed by atoms with Crippen LogP contribution in [0.15, 0.2) is 132 Å². The Bertz CT molecular complexity index is 2130. The van der Waals surface area contributed by atoms with Crippen LogP contribution in [0.4, 0.5) is 4.39 Å². The number of hydrogen-bond donors (Lipinski definition) is 1. The van der Waals surface area contributed by atoms with Crippen LogP contribution in [0.5, 0.6) is 5.75 Å². The van der Waals surface area contributed by atoms with Crippen LogP contribution in [0, 0.1) is 12.7 Å². The van der Waals surface area contributed by atoms with E-state index in [2.05, 4.69) is 18.8 Å². The summed E-state index contributed by atoms with van der Waals surface area (Å²) in [5.74, 6) is 0.336. The van der Waals surface area contributed by atoms with Gasteiger partial charge in [-0.1, -0.05) is 111 Å². The van der Waals surface area contributed by atoms with E-state index in [0.717, 1.165) is 32.9 Å². The van der Waals surface area contributed by atoms with Crippen LogP contribution >= 0.6 is 11.8 Å². The average molecular weight is 733 g/mol. The van der Waals surface area contributed by atoms with Crippen molar-refractivity contribution in [2.75, 3.05) is 13.4 Å². The van der Waals surface area contributed by atoms with Crippen molar-refractivity contribution in [3.05, 3.63) is 160 Å². The number of halogens is 1. The van der Waals surface area contributed by atoms with E-state index in [1.165, 1.54) is 23.9 Å². The number of aryl methyl sites for hydroxylation is 1. The highest BCUT2D eigenvalue weighted by atomic mass is 32.2. The maximum atomic E-state index is 14.5. The van der Waals surface area contributed by atoms with Gasteiger partial charge >= 0.3 is 0 Å². The molecule has 0 aliphatic carbocycles. The van der Waals surface area contributed by atoms with Gasteiger partial charge < -0.3 is 14.1 Å². The number of rotatable bonds is 14. The summed E-state index contributed by atoms with van der Waals surface area (Å²) in [6.07, 6.45) is 9.63. The van der Waals surface area contributed by atoms with E-state index >= 15 is 0 Å². The zero-order chi connectivity index (χ0) is 36.9. The molecule has 0 aliphatic rings.